The van der Waals surface area contributed by atoms with Gasteiger partial charge in [-0.2, -0.15) is 5.10 Å². The number of carbonyl (C=O) groups is 1. The zero-order valence-corrected chi connectivity index (χ0v) is 23.2. The zero-order valence-electron chi connectivity index (χ0n) is 22.3. The van der Waals surface area contributed by atoms with Crippen molar-refractivity contribution >= 4 is 34.5 Å². The topological polar surface area (TPSA) is 99.8 Å². The molecule has 2 aliphatic heterocycles. The van der Waals surface area contributed by atoms with E-state index in [4.69, 9.17) is 0 Å². The van der Waals surface area contributed by atoms with E-state index in [1.165, 1.54) is 58.5 Å². The number of rotatable bonds is 5. The normalized spacial score (nSPS) is 17.0. The highest BCUT2D eigenvalue weighted by Crippen LogP contribution is 2.42. The molecule has 6 rings (SSSR count). The van der Waals surface area contributed by atoms with Gasteiger partial charge < -0.3 is 10.4 Å². The van der Waals surface area contributed by atoms with Crippen LogP contribution in [0.25, 0.3) is 11.3 Å². The largest absolute Gasteiger partial charge is 0.392 e. The first-order chi connectivity index (χ1) is 18.5. The molecule has 1 aliphatic carbocycles. The summed E-state index contributed by atoms with van der Waals surface area (Å²) in [5.41, 5.74) is 3.04. The Balaban J connectivity index is 1.37. The molecule has 2 N–H and O–H groups in total. The second-order valence-electron chi connectivity index (χ2n) is 11.4. The summed E-state index contributed by atoms with van der Waals surface area (Å²) in [4.78, 5) is 33.9. The molecule has 4 heterocycles. The molecule has 39 heavy (non-hydrogen) atoms. The van der Waals surface area contributed by atoms with Crippen molar-refractivity contribution in [3.8, 4) is 11.3 Å². The SMILES string of the molecule is Cn1nc(-c2ccc(F)c(N3Cc4cc(C(C)(C)C)sc4C3=O)c2CO)cc(NC2=NCC(C3CC3)=C2)c1=O. The predicted molar refractivity (Wildman–Crippen MR) is 151 cm³/mol. The Kier molecular flexibility index (Phi) is 6.07. The molecule has 1 fully saturated rings. The first kappa shape index (κ1) is 25.6. The summed E-state index contributed by atoms with van der Waals surface area (Å²) >= 11 is 1.43. The van der Waals surface area contributed by atoms with E-state index in [1.807, 2.05) is 12.1 Å². The van der Waals surface area contributed by atoms with Gasteiger partial charge in [0.2, 0.25) is 0 Å². The van der Waals surface area contributed by atoms with Crippen molar-refractivity contribution in [1.29, 1.82) is 0 Å². The third kappa shape index (κ3) is 4.51. The van der Waals surface area contributed by atoms with E-state index in [9.17, 15) is 14.7 Å². The first-order valence-corrected chi connectivity index (χ1v) is 13.8. The molecule has 3 aliphatic rings. The molecule has 8 nitrogen and oxygen atoms in total. The molecular weight excluding hydrogens is 517 g/mol. The number of aryl methyl sites for hydroxylation is 1. The number of amides is 1. The number of carbonyl (C=O) groups excluding carboxylic acids is 1. The van der Waals surface area contributed by atoms with Crippen molar-refractivity contribution in [3.63, 3.8) is 0 Å². The van der Waals surface area contributed by atoms with Gasteiger partial charge in [-0.15, -0.1) is 11.3 Å². The Morgan fingerprint density at radius 2 is 1.97 bits per heavy atom. The maximum Gasteiger partial charge on any atom is 0.290 e. The summed E-state index contributed by atoms with van der Waals surface area (Å²) in [6, 6.07) is 6.39. The fraction of sp³-hybridized carbons (Fsp3) is 0.379. The summed E-state index contributed by atoms with van der Waals surface area (Å²) < 4.78 is 16.5. The number of hydrogen-bond donors (Lipinski definition) is 2. The molecule has 10 heteroatoms. The van der Waals surface area contributed by atoms with Crippen LogP contribution in [0.5, 0.6) is 0 Å². The van der Waals surface area contributed by atoms with Crippen LogP contribution in [-0.2, 0) is 25.6 Å². The van der Waals surface area contributed by atoms with Gasteiger partial charge in [0, 0.05) is 23.1 Å². The van der Waals surface area contributed by atoms with Gasteiger partial charge in [-0.3, -0.25) is 19.5 Å². The van der Waals surface area contributed by atoms with Crippen LogP contribution in [0, 0.1) is 11.7 Å². The first-order valence-electron chi connectivity index (χ1n) is 13.0. The number of anilines is 2. The maximum atomic E-state index is 15.3. The second-order valence-corrected chi connectivity index (χ2v) is 12.4. The fourth-order valence-corrected chi connectivity index (χ4v) is 6.31. The van der Waals surface area contributed by atoms with E-state index in [2.05, 4.69) is 36.2 Å². The van der Waals surface area contributed by atoms with Crippen LogP contribution in [0.15, 0.2) is 45.7 Å². The van der Waals surface area contributed by atoms with E-state index >= 15 is 4.39 Å². The van der Waals surface area contributed by atoms with Crippen LogP contribution < -0.4 is 15.8 Å². The van der Waals surface area contributed by atoms with Gasteiger partial charge in [-0.25, -0.2) is 9.07 Å². The van der Waals surface area contributed by atoms with Gasteiger partial charge in [0.05, 0.1) is 36.0 Å². The van der Waals surface area contributed by atoms with Gasteiger partial charge in [-0.05, 0) is 65.7 Å². The quantitative estimate of drug-likeness (QED) is 0.480. The molecule has 0 spiro atoms. The van der Waals surface area contributed by atoms with Crippen LogP contribution in [0.2, 0.25) is 0 Å². The van der Waals surface area contributed by atoms with Crippen LogP contribution in [0.4, 0.5) is 15.8 Å². The molecule has 0 radical (unpaired) electrons. The second kappa shape index (κ2) is 9.24. The number of benzene rings is 1. The summed E-state index contributed by atoms with van der Waals surface area (Å²) in [6.07, 6.45) is 4.35. The Labute approximate surface area is 229 Å². The van der Waals surface area contributed by atoms with Crippen molar-refractivity contribution in [3.05, 3.63) is 73.0 Å². The number of fused-ring (bicyclic) bond motifs is 1. The number of aliphatic hydroxyl groups excluding tert-OH is 1. The van der Waals surface area contributed by atoms with E-state index in [1.54, 1.807) is 6.07 Å². The van der Waals surface area contributed by atoms with Crippen LogP contribution in [-0.4, -0.2) is 33.2 Å². The molecule has 1 aromatic carbocycles. The van der Waals surface area contributed by atoms with Crippen LogP contribution in [0.3, 0.4) is 0 Å². The lowest BCUT2D eigenvalue weighted by molar-refractivity contribution is 0.0998. The number of hydrogen-bond acceptors (Lipinski definition) is 7. The Morgan fingerprint density at radius 3 is 2.64 bits per heavy atom. The molecule has 3 aromatic rings. The summed E-state index contributed by atoms with van der Waals surface area (Å²) in [5, 5.41) is 17.9. The van der Waals surface area contributed by atoms with E-state index in [0.717, 1.165) is 10.4 Å². The average molecular weight is 548 g/mol. The Morgan fingerprint density at radius 1 is 1.21 bits per heavy atom. The molecule has 0 unspecified atom stereocenters. The summed E-state index contributed by atoms with van der Waals surface area (Å²) in [6.45, 7) is 6.61. The molecule has 1 amide bonds. The van der Waals surface area contributed by atoms with Crippen molar-refractivity contribution in [1.82, 2.24) is 9.78 Å². The highest BCUT2D eigenvalue weighted by atomic mass is 32.1. The highest BCUT2D eigenvalue weighted by molar-refractivity contribution is 7.14. The fourth-order valence-electron chi connectivity index (χ4n) is 5.13. The molecule has 1 saturated carbocycles. The smallest absolute Gasteiger partial charge is 0.290 e. The number of amidine groups is 1. The third-order valence-corrected chi connectivity index (χ3v) is 9.03. The lowest BCUT2D eigenvalue weighted by atomic mass is 9.94. The molecule has 2 aromatic heterocycles. The molecule has 0 atom stereocenters. The van der Waals surface area contributed by atoms with Gasteiger partial charge in [0.15, 0.2) is 0 Å². The van der Waals surface area contributed by atoms with Gasteiger partial charge >= 0.3 is 0 Å². The molecular formula is C29H30FN5O3S. The van der Waals surface area contributed by atoms with E-state index < -0.39 is 12.4 Å². The zero-order chi connectivity index (χ0) is 27.6. The van der Waals surface area contributed by atoms with Gasteiger partial charge in [0.1, 0.15) is 17.3 Å². The average Bonchev–Trinajstić information content (AvgIpc) is 3.34. The van der Waals surface area contributed by atoms with Gasteiger partial charge in [0.25, 0.3) is 11.5 Å². The van der Waals surface area contributed by atoms with Crippen LogP contribution >= 0.6 is 11.3 Å². The van der Waals surface area contributed by atoms with E-state index in [-0.39, 0.29) is 40.4 Å². The number of thiophene rings is 1. The van der Waals surface area contributed by atoms with E-state index in [0.29, 0.717) is 34.4 Å². The summed E-state index contributed by atoms with van der Waals surface area (Å²) in [5.74, 6) is 0.316. The number of aliphatic imine (C=N–C) groups is 1. The standard InChI is InChI=1S/C29H30FN5O3S/c1-29(2,3)23-9-17-13-35(28(38)26(17)39-23)25-19(14-36)18(7-8-20(25)30)21-11-22(27(37)34(4)33-21)32-24-10-16(12-31-24)15-5-6-15/h7-11,15,36H,5-6,12-14H2,1-4H3,(H,31,32). The number of nitrogens with zero attached hydrogens (tertiary/aromatic N) is 4. The number of halogens is 1. The number of aromatic nitrogens is 2. The highest BCUT2D eigenvalue weighted by Gasteiger charge is 2.36. The Hall–Kier alpha value is -3.63. The minimum atomic E-state index is -0.608. The van der Waals surface area contributed by atoms with Crippen molar-refractivity contribution in [2.45, 2.75) is 52.2 Å². The van der Waals surface area contributed by atoms with Crippen molar-refractivity contribution < 1.29 is 14.3 Å². The van der Waals surface area contributed by atoms with Crippen molar-refractivity contribution in [2.24, 2.45) is 18.0 Å². The minimum Gasteiger partial charge on any atom is -0.392 e. The van der Waals surface area contributed by atoms with Crippen LogP contribution in [0.1, 0.15) is 59.3 Å². The lowest BCUT2D eigenvalue weighted by Crippen LogP contribution is -2.27. The molecule has 0 bridgehead atoms. The maximum absolute atomic E-state index is 15.3. The van der Waals surface area contributed by atoms with Crippen molar-refractivity contribution in [2.75, 3.05) is 16.8 Å². The Bertz CT molecular complexity index is 1640. The minimum absolute atomic E-state index is 0.0306. The monoisotopic (exact) mass is 547 g/mol. The number of aliphatic hydroxyl groups is 1. The summed E-state index contributed by atoms with van der Waals surface area (Å²) in [7, 11) is 1.54. The number of nitrogens with one attached hydrogen (secondary N) is 1. The molecule has 0 saturated heterocycles. The predicted octanol–water partition coefficient (Wildman–Crippen LogP) is 4.76. The third-order valence-electron chi connectivity index (χ3n) is 7.44. The molecule has 202 valence electrons. The van der Waals surface area contributed by atoms with Gasteiger partial charge in [-0.1, -0.05) is 20.8 Å². The lowest BCUT2D eigenvalue weighted by Gasteiger charge is -2.23.